The van der Waals surface area contributed by atoms with Gasteiger partial charge in [0.05, 0.1) is 0 Å². The molecule has 7 heteroatoms. The monoisotopic (exact) mass is 183 g/mol. The molecule has 0 radical (unpaired) electrons. The molecule has 0 aliphatic rings. The van der Waals surface area contributed by atoms with Crippen LogP contribution < -0.4 is 0 Å². The van der Waals surface area contributed by atoms with Gasteiger partial charge in [-0.1, -0.05) is 6.92 Å². The molecule has 1 heterocycles. The molecule has 0 saturated carbocycles. The van der Waals surface area contributed by atoms with Gasteiger partial charge in [-0.15, -0.1) is 0 Å². The van der Waals surface area contributed by atoms with Gasteiger partial charge in [-0.05, 0) is 0 Å². The second-order valence-electron chi connectivity index (χ2n) is 1.88. The molecular weight excluding hydrogens is 175 g/mol. The van der Waals surface area contributed by atoms with Crippen molar-refractivity contribution in [2.24, 2.45) is 0 Å². The number of H-pyrrole nitrogens is 1. The number of nitrogens with zero attached hydrogens (tertiary/aromatic N) is 1. The van der Waals surface area contributed by atoms with Crippen LogP contribution in [0.25, 0.3) is 0 Å². The van der Waals surface area contributed by atoms with Crippen LogP contribution in [-0.4, -0.2) is 17.2 Å². The lowest BCUT2D eigenvalue weighted by atomic mass is 10.3. The number of aryl methyl sites for hydroxylation is 1. The van der Waals surface area contributed by atoms with Gasteiger partial charge in [0.25, 0.3) is 0 Å². The predicted octanol–water partition coefficient (Wildman–Crippen LogP) is 2.27. The highest BCUT2D eigenvalue weighted by Crippen LogP contribution is 2.06. The molecule has 0 unspecified atom stereocenters. The van der Waals surface area contributed by atoms with E-state index in [2.05, 4.69) is 16.9 Å². The lowest BCUT2D eigenvalue weighted by Crippen LogP contribution is -2.02. The average Bonchev–Trinajstić information content (AvgIpc) is 2.33. The highest BCUT2D eigenvalue weighted by Gasteiger charge is 2.20. The first kappa shape index (κ1) is 11.0. The average molecular weight is 183 g/mol. The minimum absolute atomic E-state index is 0.993. The number of aromatic amines is 1. The molecule has 0 aromatic carbocycles. The van der Waals surface area contributed by atoms with Crippen molar-refractivity contribution < 1.29 is 17.3 Å². The van der Waals surface area contributed by atoms with Gasteiger partial charge >= 0.3 is 7.25 Å². The van der Waals surface area contributed by atoms with Crippen LogP contribution in [-0.2, 0) is 6.42 Å². The first-order valence-corrected chi connectivity index (χ1v) is 3.29. The third kappa shape index (κ3) is 8.99. The molecule has 1 rings (SSSR count). The molecule has 2 nitrogen and oxygen atoms in total. The summed E-state index contributed by atoms with van der Waals surface area (Å²) in [6.45, 7) is 2.07. The third-order valence-corrected chi connectivity index (χ3v) is 0.890. The summed E-state index contributed by atoms with van der Waals surface area (Å²) in [7, 11) is -6.00. The van der Waals surface area contributed by atoms with E-state index >= 15 is 0 Å². The van der Waals surface area contributed by atoms with Crippen LogP contribution in [0, 0.1) is 0 Å². The van der Waals surface area contributed by atoms with Gasteiger partial charge in [-0.25, -0.2) is 4.98 Å². The van der Waals surface area contributed by atoms with Crippen LogP contribution in [0.15, 0.2) is 12.4 Å². The Balaban J connectivity index is 0.000000217. The van der Waals surface area contributed by atoms with Crippen molar-refractivity contribution >= 4 is 7.25 Å². The molecule has 0 bridgehead atoms. The van der Waals surface area contributed by atoms with Crippen molar-refractivity contribution in [3.8, 4) is 0 Å². The van der Waals surface area contributed by atoms with Gasteiger partial charge in [0, 0.05) is 18.8 Å². The van der Waals surface area contributed by atoms with Crippen molar-refractivity contribution in [1.29, 1.82) is 0 Å². The van der Waals surface area contributed by atoms with E-state index in [1.165, 1.54) is 0 Å². The Morgan fingerprint density at radius 3 is 2.08 bits per heavy atom. The fraction of sp³-hybridized carbons (Fsp3) is 0.400. The molecule has 0 saturated heterocycles. The van der Waals surface area contributed by atoms with Gasteiger partial charge in [0.1, 0.15) is 5.82 Å². The maximum absolute atomic E-state index is 9.75. The summed E-state index contributed by atoms with van der Waals surface area (Å²) in [6.07, 6.45) is 4.59. The minimum atomic E-state index is -6.00. The fourth-order valence-electron chi connectivity index (χ4n) is 0.491. The maximum atomic E-state index is 9.75. The lowest BCUT2D eigenvalue weighted by molar-refractivity contribution is 0.368. The summed E-state index contributed by atoms with van der Waals surface area (Å²) in [5, 5.41) is 0. The summed E-state index contributed by atoms with van der Waals surface area (Å²) in [5.74, 6) is 1.06. The van der Waals surface area contributed by atoms with Gasteiger partial charge < -0.3 is 22.2 Å². The van der Waals surface area contributed by atoms with E-state index in [1.807, 2.05) is 6.20 Å². The largest absolute Gasteiger partial charge is 0.673 e. The number of hydrogen-bond donors (Lipinski definition) is 1. The molecule has 0 atom stereocenters. The number of imidazole rings is 1. The Morgan fingerprint density at radius 2 is 1.92 bits per heavy atom. The van der Waals surface area contributed by atoms with Crippen molar-refractivity contribution in [1.82, 2.24) is 9.97 Å². The van der Waals surface area contributed by atoms with Crippen molar-refractivity contribution in [3.05, 3.63) is 18.2 Å². The molecule has 0 aliphatic carbocycles. The Morgan fingerprint density at radius 1 is 1.42 bits per heavy atom. The third-order valence-electron chi connectivity index (χ3n) is 0.890. The zero-order valence-electron chi connectivity index (χ0n) is 6.40. The highest BCUT2D eigenvalue weighted by molar-refractivity contribution is 6.50. The standard InChI is InChI=1S/C5H8N2.BF4/c1-2-5-6-3-4-7-5;2-1(3,4)5/h3-4H,2H2,1H3,(H,6,7);/q;-1. The molecule has 0 fully saturated rings. The molecule has 70 valence electrons. The van der Waals surface area contributed by atoms with Gasteiger partial charge in [-0.2, -0.15) is 0 Å². The van der Waals surface area contributed by atoms with Crippen LogP contribution in [0.3, 0.4) is 0 Å². The second kappa shape index (κ2) is 4.79. The first-order valence-electron chi connectivity index (χ1n) is 3.29. The normalized spacial score (nSPS) is 10.4. The fourth-order valence-corrected chi connectivity index (χ4v) is 0.491. The van der Waals surface area contributed by atoms with Crippen LogP contribution in [0.5, 0.6) is 0 Å². The lowest BCUT2D eigenvalue weighted by Gasteiger charge is -1.94. The number of nitrogens with one attached hydrogen (secondary N) is 1. The summed E-state index contributed by atoms with van der Waals surface area (Å²) in [5.41, 5.74) is 0. The molecule has 1 aromatic rings. The van der Waals surface area contributed by atoms with Crippen molar-refractivity contribution in [3.63, 3.8) is 0 Å². The SMILES string of the molecule is CCc1ncc[nH]1.F[B-](F)(F)F. The molecule has 1 N–H and O–H groups in total. The van der Waals surface area contributed by atoms with Gasteiger partial charge in [0.2, 0.25) is 0 Å². The predicted molar refractivity (Wildman–Crippen MR) is 38.2 cm³/mol. The molecule has 12 heavy (non-hydrogen) atoms. The molecule has 0 spiro atoms. The zero-order valence-corrected chi connectivity index (χ0v) is 6.40. The molecule has 1 aromatic heterocycles. The van der Waals surface area contributed by atoms with E-state index in [-0.39, 0.29) is 0 Å². The summed E-state index contributed by atoms with van der Waals surface area (Å²) < 4.78 is 39.0. The maximum Gasteiger partial charge on any atom is 0.673 e. The van der Waals surface area contributed by atoms with E-state index in [9.17, 15) is 17.3 Å². The van der Waals surface area contributed by atoms with E-state index < -0.39 is 7.25 Å². The van der Waals surface area contributed by atoms with Crippen LogP contribution in [0.2, 0.25) is 0 Å². The summed E-state index contributed by atoms with van der Waals surface area (Å²) >= 11 is 0. The topological polar surface area (TPSA) is 28.7 Å². The molecular formula is C5H8BF4N2-. The van der Waals surface area contributed by atoms with Crippen molar-refractivity contribution in [2.75, 3.05) is 0 Å². The van der Waals surface area contributed by atoms with Crippen LogP contribution in [0.4, 0.5) is 17.3 Å². The Bertz CT molecular complexity index is 190. The smallest absolute Gasteiger partial charge is 0.418 e. The number of aromatic nitrogens is 2. The van der Waals surface area contributed by atoms with E-state index in [0.29, 0.717) is 0 Å². The number of rotatable bonds is 1. The van der Waals surface area contributed by atoms with E-state index in [0.717, 1.165) is 12.2 Å². The summed E-state index contributed by atoms with van der Waals surface area (Å²) in [4.78, 5) is 6.95. The second-order valence-corrected chi connectivity index (χ2v) is 1.88. The zero-order chi connectivity index (χ0) is 9.61. The minimum Gasteiger partial charge on any atom is -0.418 e. The molecule has 0 amide bonds. The number of halogens is 4. The van der Waals surface area contributed by atoms with Crippen LogP contribution in [0.1, 0.15) is 12.7 Å². The molecule has 0 aliphatic heterocycles. The van der Waals surface area contributed by atoms with Crippen molar-refractivity contribution in [2.45, 2.75) is 13.3 Å². The van der Waals surface area contributed by atoms with Gasteiger partial charge in [0.15, 0.2) is 0 Å². The Labute approximate surface area is 67.1 Å². The number of hydrogen-bond acceptors (Lipinski definition) is 1. The van der Waals surface area contributed by atoms with Crippen LogP contribution >= 0.6 is 0 Å². The van der Waals surface area contributed by atoms with Gasteiger partial charge in [-0.3, -0.25) is 0 Å². The van der Waals surface area contributed by atoms with E-state index in [4.69, 9.17) is 0 Å². The Hall–Kier alpha value is -1.01. The first-order chi connectivity index (χ1) is 5.43. The highest BCUT2D eigenvalue weighted by atomic mass is 19.5. The van der Waals surface area contributed by atoms with E-state index in [1.54, 1.807) is 6.20 Å². The quantitative estimate of drug-likeness (QED) is 0.524. The Kier molecular flexibility index (Phi) is 4.39. The summed E-state index contributed by atoms with van der Waals surface area (Å²) in [6, 6.07) is 0.